The Bertz CT molecular complexity index is 1020. The first-order chi connectivity index (χ1) is 13.5. The van der Waals surface area contributed by atoms with E-state index in [1.807, 2.05) is 18.5 Å². The van der Waals surface area contributed by atoms with Crippen LogP contribution in [0.4, 0.5) is 5.69 Å². The molecular weight excluding hydrogens is 364 g/mol. The van der Waals surface area contributed by atoms with Crippen LogP contribution in [-0.4, -0.2) is 47.6 Å². The number of benzene rings is 1. The molecule has 0 spiro atoms. The van der Waals surface area contributed by atoms with E-state index in [0.717, 1.165) is 11.6 Å². The number of ether oxygens (including phenoxy) is 3. The minimum absolute atomic E-state index is 0.0959. The highest BCUT2D eigenvalue weighted by molar-refractivity contribution is 5.99. The Balaban J connectivity index is 2.01. The van der Waals surface area contributed by atoms with E-state index in [9.17, 15) is 9.59 Å². The van der Waals surface area contributed by atoms with Gasteiger partial charge in [0, 0.05) is 24.2 Å². The Labute approximate surface area is 160 Å². The minimum atomic E-state index is -0.727. The Morgan fingerprint density at radius 1 is 1.18 bits per heavy atom. The molecule has 144 valence electrons. The second-order valence-corrected chi connectivity index (χ2v) is 5.57. The van der Waals surface area contributed by atoms with E-state index >= 15 is 0 Å². The molecule has 2 heterocycles. The van der Waals surface area contributed by atoms with Crippen molar-refractivity contribution < 1.29 is 23.8 Å². The monoisotopic (exact) mass is 382 g/mol. The first-order valence-corrected chi connectivity index (χ1v) is 8.19. The van der Waals surface area contributed by atoms with Crippen molar-refractivity contribution in [3.05, 3.63) is 54.6 Å². The molecule has 2 aromatic heterocycles. The van der Waals surface area contributed by atoms with Gasteiger partial charge in [-0.2, -0.15) is 0 Å². The maximum absolute atomic E-state index is 12.0. The number of rotatable bonds is 6. The van der Waals surface area contributed by atoms with Gasteiger partial charge in [0.25, 0.3) is 0 Å². The number of methoxy groups -OCH3 is 3. The fraction of sp³-hybridized carbons (Fsp3) is 0.158. The zero-order valence-corrected chi connectivity index (χ0v) is 15.5. The zero-order chi connectivity index (χ0) is 20.1. The second-order valence-electron chi connectivity index (χ2n) is 5.57. The molecule has 3 aromatic rings. The molecule has 28 heavy (non-hydrogen) atoms. The summed E-state index contributed by atoms with van der Waals surface area (Å²) in [6, 6.07) is 7.10. The zero-order valence-electron chi connectivity index (χ0n) is 15.5. The number of aromatic nitrogens is 3. The van der Waals surface area contributed by atoms with Gasteiger partial charge < -0.3 is 19.5 Å². The summed E-state index contributed by atoms with van der Waals surface area (Å²) in [5.74, 6) is -0.404. The number of nitrogens with zero attached hydrogens (tertiary/aromatic N) is 3. The third-order valence-electron chi connectivity index (χ3n) is 3.87. The lowest BCUT2D eigenvalue weighted by atomic mass is 10.1. The van der Waals surface area contributed by atoms with E-state index in [4.69, 9.17) is 9.47 Å². The van der Waals surface area contributed by atoms with Crippen molar-refractivity contribution in [2.45, 2.75) is 0 Å². The number of carbonyl (C=O) groups excluding carboxylic acids is 2. The second kappa shape index (κ2) is 8.21. The van der Waals surface area contributed by atoms with Crippen LogP contribution in [0.1, 0.15) is 0 Å². The largest absolute Gasteiger partial charge is 0.495 e. The normalized spacial score (nSPS) is 11.2. The molecule has 3 rings (SSSR count). The molecule has 0 atom stereocenters. The van der Waals surface area contributed by atoms with Gasteiger partial charge in [-0.3, -0.25) is 4.40 Å². The highest BCUT2D eigenvalue weighted by Crippen LogP contribution is 2.31. The van der Waals surface area contributed by atoms with Gasteiger partial charge in [-0.05, 0) is 24.3 Å². The lowest BCUT2D eigenvalue weighted by Gasteiger charge is -2.13. The van der Waals surface area contributed by atoms with Crippen molar-refractivity contribution in [2.24, 2.45) is 0 Å². The van der Waals surface area contributed by atoms with Crippen LogP contribution in [0, 0.1) is 0 Å². The van der Waals surface area contributed by atoms with Crippen molar-refractivity contribution in [1.29, 1.82) is 0 Å². The molecule has 0 unspecified atom stereocenters. The molecule has 9 heteroatoms. The van der Waals surface area contributed by atoms with Gasteiger partial charge >= 0.3 is 11.9 Å². The van der Waals surface area contributed by atoms with E-state index in [1.165, 1.54) is 21.3 Å². The summed E-state index contributed by atoms with van der Waals surface area (Å²) >= 11 is 0. The Hall–Kier alpha value is -3.88. The molecule has 0 aliphatic rings. The number of hydrogen-bond acceptors (Lipinski definition) is 8. The van der Waals surface area contributed by atoms with Crippen LogP contribution in [0.2, 0.25) is 0 Å². The number of nitrogens with one attached hydrogen (secondary N) is 1. The Morgan fingerprint density at radius 2 is 2.00 bits per heavy atom. The van der Waals surface area contributed by atoms with E-state index in [2.05, 4.69) is 20.0 Å². The molecule has 0 aliphatic carbocycles. The summed E-state index contributed by atoms with van der Waals surface area (Å²) in [5.41, 5.74) is 1.80. The van der Waals surface area contributed by atoms with Crippen LogP contribution in [0.5, 0.6) is 5.75 Å². The number of esters is 2. The van der Waals surface area contributed by atoms with Crippen molar-refractivity contribution in [3.63, 3.8) is 0 Å². The fourth-order valence-corrected chi connectivity index (χ4v) is 2.51. The van der Waals surface area contributed by atoms with Gasteiger partial charge in [-0.15, -0.1) is 0 Å². The van der Waals surface area contributed by atoms with E-state index in [-0.39, 0.29) is 5.70 Å². The highest BCUT2D eigenvalue weighted by Gasteiger charge is 2.16. The minimum Gasteiger partial charge on any atom is -0.495 e. The smallest absolute Gasteiger partial charge is 0.354 e. The van der Waals surface area contributed by atoms with Gasteiger partial charge in [0.2, 0.25) is 5.78 Å². The molecule has 0 fully saturated rings. The number of hydrogen-bond donors (Lipinski definition) is 1. The average molecular weight is 382 g/mol. The van der Waals surface area contributed by atoms with Crippen molar-refractivity contribution in [3.8, 4) is 17.0 Å². The van der Waals surface area contributed by atoms with Crippen LogP contribution in [0.3, 0.4) is 0 Å². The predicted octanol–water partition coefficient (Wildman–Crippen LogP) is 2.05. The summed E-state index contributed by atoms with van der Waals surface area (Å²) in [6.07, 6.45) is 6.34. The molecule has 0 amide bonds. The molecule has 0 saturated carbocycles. The molecule has 0 aliphatic heterocycles. The fourth-order valence-electron chi connectivity index (χ4n) is 2.51. The quantitative estimate of drug-likeness (QED) is 0.510. The lowest BCUT2D eigenvalue weighted by molar-refractivity contribution is -0.138. The van der Waals surface area contributed by atoms with Crippen LogP contribution in [0.25, 0.3) is 17.0 Å². The van der Waals surface area contributed by atoms with Crippen LogP contribution < -0.4 is 10.1 Å². The van der Waals surface area contributed by atoms with E-state index in [1.54, 1.807) is 28.8 Å². The standard InChI is InChI=1S/C19H18N4O5/c1-26-16-6-5-12(15-11-23-8-4-7-20-19(23)22-15)9-13(16)21-14(18(25)28-3)10-17(24)27-2/h4-11,21H,1-3H3/b14-10+. The highest BCUT2D eigenvalue weighted by atomic mass is 16.5. The third kappa shape index (κ3) is 3.93. The molecule has 0 bridgehead atoms. The summed E-state index contributed by atoms with van der Waals surface area (Å²) in [5, 5.41) is 2.87. The molecule has 0 saturated heterocycles. The van der Waals surface area contributed by atoms with Gasteiger partial charge in [-0.1, -0.05) is 0 Å². The summed E-state index contributed by atoms with van der Waals surface area (Å²) < 4.78 is 16.4. The SMILES string of the molecule is COC(=O)/C=C(/Nc1cc(-c2cn3cccnc3n2)ccc1OC)C(=O)OC. The topological polar surface area (TPSA) is 104 Å². The van der Waals surface area contributed by atoms with Gasteiger partial charge in [-0.25, -0.2) is 19.6 Å². The van der Waals surface area contributed by atoms with E-state index in [0.29, 0.717) is 22.9 Å². The molecule has 1 N–H and O–H groups in total. The summed E-state index contributed by atoms with van der Waals surface area (Å²) in [7, 11) is 3.93. The van der Waals surface area contributed by atoms with E-state index < -0.39 is 11.9 Å². The number of anilines is 1. The first kappa shape index (κ1) is 18.9. The predicted molar refractivity (Wildman–Crippen MR) is 101 cm³/mol. The Kier molecular flexibility index (Phi) is 5.54. The van der Waals surface area contributed by atoms with Crippen LogP contribution >= 0.6 is 0 Å². The summed E-state index contributed by atoms with van der Waals surface area (Å²) in [4.78, 5) is 32.3. The maximum atomic E-state index is 12.0. The van der Waals surface area contributed by atoms with Gasteiger partial charge in [0.15, 0.2) is 0 Å². The third-order valence-corrected chi connectivity index (χ3v) is 3.87. The van der Waals surface area contributed by atoms with Crippen LogP contribution in [-0.2, 0) is 19.1 Å². The summed E-state index contributed by atoms with van der Waals surface area (Å²) in [6.45, 7) is 0. The number of carbonyl (C=O) groups is 2. The Morgan fingerprint density at radius 3 is 2.68 bits per heavy atom. The molecular formula is C19H18N4O5. The molecule has 0 radical (unpaired) electrons. The van der Waals surface area contributed by atoms with Crippen molar-refractivity contribution in [1.82, 2.24) is 14.4 Å². The van der Waals surface area contributed by atoms with Crippen LogP contribution in [0.15, 0.2) is 54.6 Å². The van der Waals surface area contributed by atoms with Crippen molar-refractivity contribution in [2.75, 3.05) is 26.6 Å². The molecule has 9 nitrogen and oxygen atoms in total. The number of fused-ring (bicyclic) bond motifs is 1. The first-order valence-electron chi connectivity index (χ1n) is 8.19. The maximum Gasteiger partial charge on any atom is 0.354 e. The molecule has 1 aromatic carbocycles. The average Bonchev–Trinajstić information content (AvgIpc) is 3.16. The number of imidazole rings is 1. The van der Waals surface area contributed by atoms with Crippen molar-refractivity contribution >= 4 is 23.4 Å². The van der Waals surface area contributed by atoms with Gasteiger partial charge in [0.05, 0.1) is 38.8 Å². The lowest BCUT2D eigenvalue weighted by Crippen LogP contribution is -2.16. The van der Waals surface area contributed by atoms with Gasteiger partial charge in [0.1, 0.15) is 11.4 Å².